The van der Waals surface area contributed by atoms with E-state index in [4.69, 9.17) is 0 Å². The largest absolute Gasteiger partial charge is 0.335 e. The molecule has 24 heavy (non-hydrogen) atoms. The number of carbonyl (C=O) groups excluding carboxylic acids is 1. The zero-order valence-electron chi connectivity index (χ0n) is 14.2. The lowest BCUT2D eigenvalue weighted by Crippen LogP contribution is -2.43. The summed E-state index contributed by atoms with van der Waals surface area (Å²) in [6, 6.07) is 8.59. The Morgan fingerprint density at radius 2 is 2.04 bits per heavy atom. The van der Waals surface area contributed by atoms with Crippen LogP contribution in [0.3, 0.4) is 0 Å². The summed E-state index contributed by atoms with van der Waals surface area (Å²) in [5.74, 6) is 0.715. The van der Waals surface area contributed by atoms with Crippen LogP contribution in [0, 0.1) is 5.92 Å². The summed E-state index contributed by atoms with van der Waals surface area (Å²) in [5.41, 5.74) is 2.33. The predicted octanol–water partition coefficient (Wildman–Crippen LogP) is 3.31. The van der Waals surface area contributed by atoms with E-state index >= 15 is 0 Å². The molecule has 1 fully saturated rings. The van der Waals surface area contributed by atoms with E-state index in [2.05, 4.69) is 46.8 Å². The van der Waals surface area contributed by atoms with E-state index in [1.54, 1.807) is 6.20 Å². The van der Waals surface area contributed by atoms with Crippen LogP contribution in [0.4, 0.5) is 4.79 Å². The van der Waals surface area contributed by atoms with Gasteiger partial charge >= 0.3 is 6.03 Å². The number of aromatic nitrogens is 2. The first-order valence-electron chi connectivity index (χ1n) is 8.77. The van der Waals surface area contributed by atoms with Crippen LogP contribution in [-0.2, 0) is 13.1 Å². The summed E-state index contributed by atoms with van der Waals surface area (Å²) < 4.78 is 2.03. The Bertz CT molecular complexity index is 636. The van der Waals surface area contributed by atoms with E-state index in [1.165, 1.54) is 18.4 Å². The van der Waals surface area contributed by atoms with Crippen molar-refractivity contribution in [3.8, 4) is 0 Å². The number of rotatable bonds is 5. The topological polar surface area (TPSA) is 59.0 Å². The third-order valence-corrected chi connectivity index (χ3v) is 4.67. The zero-order valence-corrected chi connectivity index (χ0v) is 14.2. The summed E-state index contributed by atoms with van der Waals surface area (Å²) in [6.45, 7) is 3.63. The molecule has 5 nitrogen and oxygen atoms in total. The van der Waals surface area contributed by atoms with Crippen molar-refractivity contribution in [3.63, 3.8) is 0 Å². The van der Waals surface area contributed by atoms with Gasteiger partial charge in [0.2, 0.25) is 0 Å². The van der Waals surface area contributed by atoms with E-state index in [1.807, 2.05) is 17.1 Å². The number of benzene rings is 1. The third kappa shape index (κ3) is 4.85. The fourth-order valence-corrected chi connectivity index (χ4v) is 3.34. The number of urea groups is 1. The van der Waals surface area contributed by atoms with Gasteiger partial charge in [-0.1, -0.05) is 44.0 Å². The molecule has 2 unspecified atom stereocenters. The van der Waals surface area contributed by atoms with Crippen molar-refractivity contribution in [2.24, 2.45) is 5.92 Å². The summed E-state index contributed by atoms with van der Waals surface area (Å²) >= 11 is 0. The molecule has 1 aromatic heterocycles. The number of hydrogen-bond acceptors (Lipinski definition) is 2. The molecule has 2 amide bonds. The molecule has 0 aliphatic heterocycles. The molecule has 0 spiro atoms. The minimum atomic E-state index is -0.0587. The average Bonchev–Trinajstić information content (AvgIpc) is 3.07. The van der Waals surface area contributed by atoms with Gasteiger partial charge in [0.05, 0.1) is 6.33 Å². The first-order chi connectivity index (χ1) is 11.7. The van der Waals surface area contributed by atoms with Gasteiger partial charge in [-0.2, -0.15) is 0 Å². The molecule has 2 N–H and O–H groups in total. The lowest BCUT2D eigenvalue weighted by atomic mass is 9.87. The van der Waals surface area contributed by atoms with Gasteiger partial charge in [0.1, 0.15) is 0 Å². The van der Waals surface area contributed by atoms with Crippen molar-refractivity contribution in [2.45, 2.75) is 51.7 Å². The highest BCUT2D eigenvalue weighted by atomic mass is 16.2. The molecule has 2 aromatic rings. The summed E-state index contributed by atoms with van der Waals surface area (Å²) in [5, 5.41) is 6.06. The van der Waals surface area contributed by atoms with Crippen LogP contribution in [0.1, 0.15) is 43.7 Å². The Labute approximate surface area is 143 Å². The second kappa shape index (κ2) is 7.99. The van der Waals surface area contributed by atoms with Gasteiger partial charge in [-0.05, 0) is 29.9 Å². The van der Waals surface area contributed by atoms with Gasteiger partial charge in [0, 0.05) is 31.5 Å². The third-order valence-electron chi connectivity index (χ3n) is 4.67. The van der Waals surface area contributed by atoms with E-state index in [-0.39, 0.29) is 6.03 Å². The zero-order chi connectivity index (χ0) is 16.8. The van der Waals surface area contributed by atoms with Crippen molar-refractivity contribution >= 4 is 6.03 Å². The number of amides is 2. The Hall–Kier alpha value is -2.30. The Kier molecular flexibility index (Phi) is 5.51. The molecule has 0 radical (unpaired) electrons. The Morgan fingerprint density at radius 3 is 2.75 bits per heavy atom. The highest BCUT2D eigenvalue weighted by Crippen LogP contribution is 2.23. The monoisotopic (exact) mass is 326 g/mol. The molecule has 0 bridgehead atoms. The van der Waals surface area contributed by atoms with E-state index in [0.29, 0.717) is 18.5 Å². The van der Waals surface area contributed by atoms with E-state index < -0.39 is 0 Å². The van der Waals surface area contributed by atoms with E-state index in [0.717, 1.165) is 24.9 Å². The molecule has 1 saturated carbocycles. The second-order valence-corrected chi connectivity index (χ2v) is 6.85. The highest BCUT2D eigenvalue weighted by molar-refractivity contribution is 5.74. The van der Waals surface area contributed by atoms with Gasteiger partial charge in [-0.15, -0.1) is 0 Å². The Balaban J connectivity index is 1.43. The molecular weight excluding hydrogens is 300 g/mol. The molecule has 1 aliphatic carbocycles. The van der Waals surface area contributed by atoms with Crippen LogP contribution < -0.4 is 10.6 Å². The number of imidazole rings is 1. The fraction of sp³-hybridized carbons (Fsp3) is 0.474. The van der Waals surface area contributed by atoms with Crippen molar-refractivity contribution < 1.29 is 4.79 Å². The van der Waals surface area contributed by atoms with Crippen LogP contribution in [0.25, 0.3) is 0 Å². The van der Waals surface area contributed by atoms with E-state index in [9.17, 15) is 4.79 Å². The van der Waals surface area contributed by atoms with Crippen LogP contribution >= 0.6 is 0 Å². The van der Waals surface area contributed by atoms with Crippen LogP contribution in [0.2, 0.25) is 0 Å². The standard InChI is InChI=1S/C19H26N4O/c1-15-3-2-4-18(11-15)22-19(24)21-12-16-5-7-17(8-6-16)13-23-10-9-20-14-23/h5-10,14-15,18H,2-4,11-13H2,1H3,(H2,21,22,24). The average molecular weight is 326 g/mol. The van der Waals surface area contributed by atoms with Gasteiger partial charge in [0.25, 0.3) is 0 Å². The molecule has 2 atom stereocenters. The summed E-state index contributed by atoms with van der Waals surface area (Å²) in [6.07, 6.45) is 10.2. The molecule has 128 valence electrons. The summed E-state index contributed by atoms with van der Waals surface area (Å²) in [4.78, 5) is 16.1. The first kappa shape index (κ1) is 16.6. The predicted molar refractivity (Wildman–Crippen MR) is 94.6 cm³/mol. The molecular formula is C19H26N4O. The summed E-state index contributed by atoms with van der Waals surface area (Å²) in [7, 11) is 0. The van der Waals surface area contributed by atoms with Crippen molar-refractivity contribution in [1.29, 1.82) is 0 Å². The SMILES string of the molecule is CC1CCCC(NC(=O)NCc2ccc(Cn3ccnc3)cc2)C1. The molecule has 0 saturated heterocycles. The second-order valence-electron chi connectivity index (χ2n) is 6.85. The van der Waals surface area contributed by atoms with Crippen LogP contribution in [0.5, 0.6) is 0 Å². The van der Waals surface area contributed by atoms with Gasteiger partial charge < -0.3 is 15.2 Å². The van der Waals surface area contributed by atoms with Crippen molar-refractivity contribution in [1.82, 2.24) is 20.2 Å². The first-order valence-corrected chi connectivity index (χ1v) is 8.77. The van der Waals surface area contributed by atoms with Gasteiger partial charge in [-0.3, -0.25) is 0 Å². The minimum absolute atomic E-state index is 0.0587. The van der Waals surface area contributed by atoms with Gasteiger partial charge in [-0.25, -0.2) is 9.78 Å². The number of carbonyl (C=O) groups is 1. The lowest BCUT2D eigenvalue weighted by molar-refractivity contribution is 0.227. The molecule has 1 heterocycles. The minimum Gasteiger partial charge on any atom is -0.335 e. The maximum Gasteiger partial charge on any atom is 0.315 e. The molecule has 1 aromatic carbocycles. The maximum atomic E-state index is 12.0. The van der Waals surface area contributed by atoms with Crippen molar-refractivity contribution in [2.75, 3.05) is 0 Å². The quantitative estimate of drug-likeness (QED) is 0.885. The fourth-order valence-electron chi connectivity index (χ4n) is 3.34. The number of hydrogen-bond donors (Lipinski definition) is 2. The van der Waals surface area contributed by atoms with Crippen LogP contribution in [0.15, 0.2) is 43.0 Å². The lowest BCUT2D eigenvalue weighted by Gasteiger charge is -2.27. The normalized spacial score (nSPS) is 20.5. The number of nitrogens with one attached hydrogen (secondary N) is 2. The highest BCUT2D eigenvalue weighted by Gasteiger charge is 2.20. The molecule has 5 heteroatoms. The van der Waals surface area contributed by atoms with Crippen molar-refractivity contribution in [3.05, 3.63) is 54.1 Å². The smallest absolute Gasteiger partial charge is 0.315 e. The Morgan fingerprint density at radius 1 is 1.25 bits per heavy atom. The molecule has 3 rings (SSSR count). The number of nitrogens with zero attached hydrogens (tertiary/aromatic N) is 2. The van der Waals surface area contributed by atoms with Crippen LogP contribution in [-0.4, -0.2) is 21.6 Å². The maximum absolute atomic E-state index is 12.0. The molecule has 1 aliphatic rings. The van der Waals surface area contributed by atoms with Gasteiger partial charge in [0.15, 0.2) is 0 Å².